The number of anilines is 1. The smallest absolute Gasteiger partial charge is 0.475 e. The lowest BCUT2D eigenvalue weighted by molar-refractivity contribution is -0.193. The number of halogens is 6. The van der Waals surface area contributed by atoms with Gasteiger partial charge in [-0.25, -0.2) is 9.59 Å². The molecule has 2 aromatic carbocycles. The molecule has 0 spiro atoms. The molecular weight excluding hydrogens is 650 g/mol. The summed E-state index contributed by atoms with van der Waals surface area (Å²) in [5, 5.41) is 22.5. The number of benzene rings is 3. The van der Waals surface area contributed by atoms with Crippen molar-refractivity contribution in [3.8, 4) is 22.5 Å². The number of rotatable bonds is 7. The number of nitrogens with zero attached hydrogens (tertiary/aromatic N) is 1. The Balaban J connectivity index is 0.000000479. The lowest BCUT2D eigenvalue weighted by atomic mass is 9.89. The van der Waals surface area contributed by atoms with Crippen molar-refractivity contribution in [2.45, 2.75) is 40.0 Å². The molecule has 0 bridgehead atoms. The van der Waals surface area contributed by atoms with Gasteiger partial charge in [-0.3, -0.25) is 9.79 Å². The number of hydrogen-bond acceptors (Lipinski definition) is 7. The summed E-state index contributed by atoms with van der Waals surface area (Å²) in [6, 6.07) is 16.0. The SMILES string of the molecule is CCN=c1cc2oc3cc(NCC)c(C)cc3c(-c3ccccc3C(=O)NCCN)c-2cc1C.O=C(O)C(F)(F)F.O=C(O)C(F)(F)F. The van der Waals surface area contributed by atoms with Gasteiger partial charge in [-0.15, -0.1) is 0 Å². The molecule has 1 heterocycles. The fourth-order valence-electron chi connectivity index (χ4n) is 4.38. The van der Waals surface area contributed by atoms with Crippen LogP contribution in [0.15, 0.2) is 57.9 Å². The first-order chi connectivity index (χ1) is 22.4. The molecule has 10 nitrogen and oxygen atoms in total. The quantitative estimate of drug-likeness (QED) is 0.115. The summed E-state index contributed by atoms with van der Waals surface area (Å²) in [5.74, 6) is -4.91. The second-order valence-corrected chi connectivity index (χ2v) is 9.98. The van der Waals surface area contributed by atoms with Gasteiger partial charge in [-0.05, 0) is 62.6 Å². The third kappa shape index (κ3) is 10.2. The maximum atomic E-state index is 13.1. The number of carbonyl (C=O) groups excluding carboxylic acids is 1. The van der Waals surface area contributed by atoms with Crippen LogP contribution in [-0.2, 0) is 9.59 Å². The number of carbonyl (C=O) groups is 3. The van der Waals surface area contributed by atoms with E-state index in [0.717, 1.165) is 62.1 Å². The number of carboxylic acids is 2. The van der Waals surface area contributed by atoms with Gasteiger partial charge in [0.25, 0.3) is 5.91 Å². The maximum absolute atomic E-state index is 13.1. The fourth-order valence-corrected chi connectivity index (χ4v) is 4.38. The van der Waals surface area contributed by atoms with Gasteiger partial charge < -0.3 is 31.0 Å². The Morgan fingerprint density at radius 2 is 1.46 bits per heavy atom. The van der Waals surface area contributed by atoms with Crippen molar-refractivity contribution in [1.29, 1.82) is 0 Å². The highest BCUT2D eigenvalue weighted by molar-refractivity contribution is 6.09. The van der Waals surface area contributed by atoms with Crippen LogP contribution in [0.1, 0.15) is 35.3 Å². The van der Waals surface area contributed by atoms with Gasteiger partial charge in [0, 0.05) is 66.1 Å². The molecule has 0 atom stereocenters. The molecule has 16 heteroatoms. The Bertz CT molecular complexity index is 1780. The largest absolute Gasteiger partial charge is 0.490 e. The molecule has 0 saturated carbocycles. The van der Waals surface area contributed by atoms with E-state index in [9.17, 15) is 31.1 Å². The number of nitrogens with two attached hydrogens (primary N) is 1. The van der Waals surface area contributed by atoms with E-state index >= 15 is 0 Å². The fraction of sp³-hybridized carbons (Fsp3) is 0.312. The molecule has 1 amide bonds. The monoisotopic (exact) mass is 684 g/mol. The lowest BCUT2D eigenvalue weighted by Gasteiger charge is -2.20. The number of hydrogen-bond donors (Lipinski definition) is 5. The topological polar surface area (TPSA) is 167 Å². The normalized spacial score (nSPS) is 11.7. The molecule has 0 saturated heterocycles. The zero-order valence-corrected chi connectivity index (χ0v) is 26.3. The van der Waals surface area contributed by atoms with Crippen molar-refractivity contribution >= 4 is 34.5 Å². The highest BCUT2D eigenvalue weighted by Gasteiger charge is 2.38. The van der Waals surface area contributed by atoms with E-state index in [-0.39, 0.29) is 5.91 Å². The first-order valence-electron chi connectivity index (χ1n) is 14.3. The van der Waals surface area contributed by atoms with Crippen molar-refractivity contribution in [1.82, 2.24) is 5.32 Å². The van der Waals surface area contributed by atoms with Crippen LogP contribution in [0.3, 0.4) is 0 Å². The molecule has 0 fully saturated rings. The number of aliphatic carboxylic acids is 2. The van der Waals surface area contributed by atoms with E-state index in [1.165, 1.54) is 0 Å². The van der Waals surface area contributed by atoms with Crippen LogP contribution in [0.4, 0.5) is 32.0 Å². The molecule has 4 rings (SSSR count). The Labute approximate surface area is 270 Å². The van der Waals surface area contributed by atoms with E-state index in [1.807, 2.05) is 43.3 Å². The molecule has 0 radical (unpaired) electrons. The Kier molecular flexibility index (Phi) is 13.5. The van der Waals surface area contributed by atoms with Crippen LogP contribution in [0, 0.1) is 13.8 Å². The molecule has 0 unspecified atom stereocenters. The minimum absolute atomic E-state index is 0.140. The third-order valence-corrected chi connectivity index (χ3v) is 6.43. The van der Waals surface area contributed by atoms with Gasteiger partial charge in [0.2, 0.25) is 0 Å². The number of carboxylic acid groups (broad SMARTS) is 2. The summed E-state index contributed by atoms with van der Waals surface area (Å²) in [6.45, 7) is 10.6. The number of nitrogens with one attached hydrogen (secondary N) is 2. The number of fused-ring (bicyclic) bond motifs is 2. The van der Waals surface area contributed by atoms with E-state index in [0.29, 0.717) is 25.2 Å². The van der Waals surface area contributed by atoms with Crippen LogP contribution < -0.4 is 21.7 Å². The Morgan fingerprint density at radius 1 is 0.875 bits per heavy atom. The molecule has 2 aliphatic rings. The zero-order chi connectivity index (χ0) is 36.4. The lowest BCUT2D eigenvalue weighted by Crippen LogP contribution is -2.29. The second kappa shape index (κ2) is 16.6. The van der Waals surface area contributed by atoms with E-state index in [4.69, 9.17) is 30.0 Å². The molecule has 0 aromatic heterocycles. The van der Waals surface area contributed by atoms with Crippen LogP contribution in [0.25, 0.3) is 33.4 Å². The van der Waals surface area contributed by atoms with Gasteiger partial charge in [-0.2, -0.15) is 26.3 Å². The standard InChI is InChI=1S/C28H32N4O2.2C2HF3O2/c1-5-30-23-15-25-21(13-17(23)3)27(19-9-7-8-10-20(19)28(33)32-12-11-29)22-14-18(4)24(31-6-2)16-26(22)34-25;2*3-2(4,5)1(6)7/h7-10,13-16,30H,5-6,11-12,29H2,1-4H3,(H,32,33);2*(H,6,7). The molecule has 1 aliphatic carbocycles. The third-order valence-electron chi connectivity index (χ3n) is 6.43. The van der Waals surface area contributed by atoms with Crippen LogP contribution in [0.2, 0.25) is 0 Å². The predicted octanol–water partition coefficient (Wildman–Crippen LogP) is 6.13. The van der Waals surface area contributed by atoms with E-state index in [1.54, 1.807) is 0 Å². The van der Waals surface area contributed by atoms with Gasteiger partial charge in [0.15, 0.2) is 0 Å². The van der Waals surface area contributed by atoms with Crippen molar-refractivity contribution in [2.24, 2.45) is 10.7 Å². The first kappa shape index (κ1) is 39.1. The number of alkyl halides is 6. The number of aryl methyl sites for hydroxylation is 2. The van der Waals surface area contributed by atoms with E-state index in [2.05, 4.69) is 48.5 Å². The predicted molar refractivity (Wildman–Crippen MR) is 167 cm³/mol. The molecule has 260 valence electrons. The van der Waals surface area contributed by atoms with Crippen LogP contribution in [-0.4, -0.2) is 66.6 Å². The Morgan fingerprint density at radius 3 is 1.98 bits per heavy atom. The Hall–Kier alpha value is -5.12. The molecule has 2 aromatic rings. The second-order valence-electron chi connectivity index (χ2n) is 9.98. The van der Waals surface area contributed by atoms with Crippen molar-refractivity contribution < 1.29 is 55.4 Å². The van der Waals surface area contributed by atoms with E-state index < -0.39 is 24.3 Å². The van der Waals surface area contributed by atoms with Crippen LogP contribution >= 0.6 is 0 Å². The first-order valence-corrected chi connectivity index (χ1v) is 14.3. The minimum atomic E-state index is -5.08. The molecule has 6 N–H and O–H groups in total. The van der Waals surface area contributed by atoms with Crippen molar-refractivity contribution in [2.75, 3.05) is 31.5 Å². The molecular formula is C32H34F6N4O6. The molecule has 48 heavy (non-hydrogen) atoms. The summed E-state index contributed by atoms with van der Waals surface area (Å²) in [6.07, 6.45) is -10.2. The minimum Gasteiger partial charge on any atom is -0.475 e. The highest BCUT2D eigenvalue weighted by atomic mass is 19.4. The average Bonchev–Trinajstić information content (AvgIpc) is 3.00. The summed E-state index contributed by atoms with van der Waals surface area (Å²) in [7, 11) is 0. The van der Waals surface area contributed by atoms with Crippen molar-refractivity contribution in [3.05, 3.63) is 70.6 Å². The zero-order valence-electron chi connectivity index (χ0n) is 26.3. The number of amides is 1. The summed E-state index contributed by atoms with van der Waals surface area (Å²) in [4.78, 5) is 35.5. The molecule has 1 aliphatic heterocycles. The summed E-state index contributed by atoms with van der Waals surface area (Å²) in [5.41, 5.74) is 13.0. The van der Waals surface area contributed by atoms with Gasteiger partial charge in [0.05, 0.1) is 5.36 Å². The summed E-state index contributed by atoms with van der Waals surface area (Å²) >= 11 is 0. The maximum Gasteiger partial charge on any atom is 0.490 e. The van der Waals surface area contributed by atoms with Crippen LogP contribution in [0.5, 0.6) is 0 Å². The van der Waals surface area contributed by atoms with Gasteiger partial charge in [-0.1, -0.05) is 18.2 Å². The van der Waals surface area contributed by atoms with Gasteiger partial charge in [0.1, 0.15) is 11.3 Å². The van der Waals surface area contributed by atoms with Crippen molar-refractivity contribution in [3.63, 3.8) is 0 Å². The van der Waals surface area contributed by atoms with Gasteiger partial charge >= 0.3 is 24.3 Å². The average molecular weight is 685 g/mol. The summed E-state index contributed by atoms with van der Waals surface area (Å²) < 4.78 is 69.9. The highest BCUT2D eigenvalue weighted by Crippen LogP contribution is 2.42.